The molecule has 1 aromatic heterocycles. The van der Waals surface area contributed by atoms with E-state index in [9.17, 15) is 18.3 Å². The summed E-state index contributed by atoms with van der Waals surface area (Å²) in [6, 6.07) is 10.5. The second kappa shape index (κ2) is 10.8. The molecule has 4 rings (SSSR count). The lowest BCUT2D eigenvalue weighted by Gasteiger charge is -2.31. The molecule has 9 nitrogen and oxygen atoms in total. The van der Waals surface area contributed by atoms with Crippen LogP contribution in [0.25, 0.3) is 10.4 Å². The summed E-state index contributed by atoms with van der Waals surface area (Å²) >= 11 is 1.30. The summed E-state index contributed by atoms with van der Waals surface area (Å²) in [6.07, 6.45) is 3.19. The van der Waals surface area contributed by atoms with E-state index in [2.05, 4.69) is 21.9 Å². The predicted octanol–water partition coefficient (Wildman–Crippen LogP) is 5.29. The summed E-state index contributed by atoms with van der Waals surface area (Å²) < 4.78 is 34.2. The SMILES string of the molecule is CCC1CCCN(C(=O)Nc2nc(C)c(-c3ccc(OC)c(S(=O)(=O)Nc4ccc(O)cc4)c3)s2)C1. The van der Waals surface area contributed by atoms with Crippen molar-refractivity contribution in [1.29, 1.82) is 0 Å². The van der Waals surface area contributed by atoms with E-state index in [1.165, 1.54) is 48.8 Å². The molecule has 3 N–H and O–H groups in total. The van der Waals surface area contributed by atoms with Crippen LogP contribution in [0.1, 0.15) is 31.9 Å². The Morgan fingerprint density at radius 1 is 1.25 bits per heavy atom. The van der Waals surface area contributed by atoms with E-state index >= 15 is 0 Å². The minimum absolute atomic E-state index is 0.0339. The van der Waals surface area contributed by atoms with Gasteiger partial charge in [0.15, 0.2) is 5.13 Å². The number of methoxy groups -OCH3 is 1. The van der Waals surface area contributed by atoms with Crippen LogP contribution in [0, 0.1) is 12.8 Å². The number of benzene rings is 2. The van der Waals surface area contributed by atoms with Crippen LogP contribution >= 0.6 is 11.3 Å². The molecule has 1 unspecified atom stereocenters. The number of rotatable bonds is 7. The number of nitrogens with zero attached hydrogens (tertiary/aromatic N) is 2. The van der Waals surface area contributed by atoms with Crippen LogP contribution in [0.5, 0.6) is 11.5 Å². The Morgan fingerprint density at radius 3 is 2.69 bits per heavy atom. The molecule has 11 heteroatoms. The smallest absolute Gasteiger partial charge is 0.323 e. The van der Waals surface area contributed by atoms with Crippen molar-refractivity contribution < 1.29 is 23.1 Å². The van der Waals surface area contributed by atoms with Crippen molar-refractivity contribution in [2.45, 2.75) is 38.0 Å². The number of carbonyl (C=O) groups excluding carboxylic acids is 1. The molecule has 0 aliphatic carbocycles. The van der Waals surface area contributed by atoms with Crippen LogP contribution in [-0.2, 0) is 10.0 Å². The number of anilines is 2. The average Bonchev–Trinajstić information content (AvgIpc) is 3.24. The highest BCUT2D eigenvalue weighted by atomic mass is 32.2. The molecule has 0 saturated carbocycles. The normalized spacial score (nSPS) is 16.0. The summed E-state index contributed by atoms with van der Waals surface area (Å²) in [5.74, 6) is 0.746. The number of aryl methyl sites for hydroxylation is 1. The highest BCUT2D eigenvalue weighted by Crippen LogP contribution is 2.37. The molecule has 192 valence electrons. The van der Waals surface area contributed by atoms with E-state index < -0.39 is 10.0 Å². The minimum atomic E-state index is -4.00. The maximum absolute atomic E-state index is 13.2. The molecular formula is C25H30N4O5S2. The molecular weight excluding hydrogens is 500 g/mol. The molecule has 1 fully saturated rings. The van der Waals surface area contributed by atoms with Crippen LogP contribution in [0.3, 0.4) is 0 Å². The van der Waals surface area contributed by atoms with Crippen LogP contribution in [0.4, 0.5) is 15.6 Å². The van der Waals surface area contributed by atoms with E-state index in [1.807, 2.05) is 11.8 Å². The van der Waals surface area contributed by atoms with Crippen molar-refractivity contribution in [2.75, 3.05) is 30.2 Å². The van der Waals surface area contributed by atoms with Gasteiger partial charge in [0, 0.05) is 18.8 Å². The first-order valence-corrected chi connectivity index (χ1v) is 14.0. The lowest BCUT2D eigenvalue weighted by atomic mass is 9.96. The number of thiazole rings is 1. The highest BCUT2D eigenvalue weighted by molar-refractivity contribution is 7.92. The van der Waals surface area contributed by atoms with Gasteiger partial charge in [-0.3, -0.25) is 10.0 Å². The number of hydrogen-bond donors (Lipinski definition) is 3. The summed E-state index contributed by atoms with van der Waals surface area (Å²) in [4.78, 5) is 19.9. The lowest BCUT2D eigenvalue weighted by Crippen LogP contribution is -2.42. The fourth-order valence-corrected chi connectivity index (χ4v) is 6.45. The van der Waals surface area contributed by atoms with Gasteiger partial charge in [-0.25, -0.2) is 18.2 Å². The van der Waals surface area contributed by atoms with Crippen molar-refractivity contribution in [3.8, 4) is 21.9 Å². The average molecular weight is 531 g/mol. The van der Waals surface area contributed by atoms with Gasteiger partial charge in [0.2, 0.25) is 0 Å². The third-order valence-electron chi connectivity index (χ3n) is 6.23. The first-order chi connectivity index (χ1) is 17.2. The van der Waals surface area contributed by atoms with Gasteiger partial charge >= 0.3 is 6.03 Å². The van der Waals surface area contributed by atoms with E-state index in [4.69, 9.17) is 4.74 Å². The standard InChI is InChI=1S/C25H30N4O5S2/c1-4-17-6-5-13-29(15-17)25(31)27-24-26-16(2)23(35-24)18-7-12-21(34-3)22(14-18)36(32,33)28-19-8-10-20(30)11-9-19/h7-12,14,17,28,30H,4-6,13,15H2,1-3H3,(H,26,27,31). The molecule has 2 amide bonds. The maximum atomic E-state index is 13.2. The number of aromatic hydroxyl groups is 1. The minimum Gasteiger partial charge on any atom is -0.508 e. The Hall–Kier alpha value is -3.31. The van der Waals surface area contributed by atoms with Crippen molar-refractivity contribution >= 4 is 38.2 Å². The van der Waals surface area contributed by atoms with Gasteiger partial charge in [-0.15, -0.1) is 0 Å². The largest absolute Gasteiger partial charge is 0.508 e. The molecule has 1 saturated heterocycles. The fraction of sp³-hybridized carbons (Fsp3) is 0.360. The molecule has 2 aromatic carbocycles. The van der Waals surface area contributed by atoms with Gasteiger partial charge in [-0.2, -0.15) is 0 Å². The number of urea groups is 1. The summed E-state index contributed by atoms with van der Waals surface area (Å²) in [7, 11) is -2.59. The maximum Gasteiger partial charge on any atom is 0.323 e. The number of piperidine rings is 1. The van der Waals surface area contributed by atoms with E-state index in [1.54, 1.807) is 12.1 Å². The van der Waals surface area contributed by atoms with Crippen molar-refractivity contribution in [3.05, 3.63) is 48.2 Å². The summed E-state index contributed by atoms with van der Waals surface area (Å²) in [5.41, 5.74) is 1.63. The molecule has 3 aromatic rings. The molecule has 1 aliphatic heterocycles. The van der Waals surface area contributed by atoms with E-state index in [0.717, 1.165) is 37.2 Å². The van der Waals surface area contributed by atoms with Crippen molar-refractivity contribution in [2.24, 2.45) is 5.92 Å². The molecule has 0 spiro atoms. The Morgan fingerprint density at radius 2 is 2.00 bits per heavy atom. The number of aromatic nitrogens is 1. The number of ether oxygens (including phenoxy) is 1. The number of amides is 2. The van der Waals surface area contributed by atoms with Gasteiger partial charge in [0.25, 0.3) is 10.0 Å². The second-order valence-electron chi connectivity index (χ2n) is 8.74. The van der Waals surface area contributed by atoms with Crippen LogP contribution in [0.2, 0.25) is 0 Å². The number of nitrogens with one attached hydrogen (secondary N) is 2. The first-order valence-electron chi connectivity index (χ1n) is 11.7. The Kier molecular flexibility index (Phi) is 7.70. The Balaban J connectivity index is 1.58. The molecule has 2 heterocycles. The number of phenolic OH excluding ortho intramolecular Hbond substituents is 1. The third kappa shape index (κ3) is 5.73. The molecule has 36 heavy (non-hydrogen) atoms. The summed E-state index contributed by atoms with van der Waals surface area (Å²) in [6.45, 7) is 5.44. The van der Waals surface area contributed by atoms with Crippen molar-refractivity contribution in [3.63, 3.8) is 0 Å². The van der Waals surface area contributed by atoms with E-state index in [0.29, 0.717) is 28.0 Å². The number of hydrogen-bond acceptors (Lipinski definition) is 7. The zero-order chi connectivity index (χ0) is 25.9. The molecule has 1 atom stereocenters. The Bertz CT molecular complexity index is 1340. The first kappa shape index (κ1) is 25.8. The third-order valence-corrected chi connectivity index (χ3v) is 8.75. The van der Waals surface area contributed by atoms with Crippen molar-refractivity contribution in [1.82, 2.24) is 9.88 Å². The monoisotopic (exact) mass is 530 g/mol. The fourth-order valence-electron chi connectivity index (χ4n) is 4.24. The molecule has 0 radical (unpaired) electrons. The number of likely N-dealkylation sites (tertiary alicyclic amines) is 1. The highest BCUT2D eigenvalue weighted by Gasteiger charge is 2.25. The van der Waals surface area contributed by atoms with Crippen LogP contribution < -0.4 is 14.8 Å². The molecule has 0 bridgehead atoms. The number of carbonyl (C=O) groups is 1. The van der Waals surface area contributed by atoms with Gasteiger partial charge in [-0.1, -0.05) is 24.7 Å². The number of phenols is 1. The number of sulfonamides is 1. The second-order valence-corrected chi connectivity index (χ2v) is 11.4. The zero-order valence-corrected chi connectivity index (χ0v) is 22.1. The van der Waals surface area contributed by atoms with Gasteiger partial charge < -0.3 is 14.7 Å². The Labute approximate surface area is 215 Å². The quantitative estimate of drug-likeness (QED) is 0.357. The van der Waals surface area contributed by atoms with Crippen LogP contribution in [-0.4, -0.2) is 49.6 Å². The predicted molar refractivity (Wildman–Crippen MR) is 141 cm³/mol. The van der Waals surface area contributed by atoms with Gasteiger partial charge in [-0.05, 0) is 73.7 Å². The zero-order valence-electron chi connectivity index (χ0n) is 20.4. The topological polar surface area (TPSA) is 121 Å². The molecule has 1 aliphatic rings. The van der Waals surface area contributed by atoms with Gasteiger partial charge in [0.05, 0.1) is 17.7 Å². The van der Waals surface area contributed by atoms with E-state index in [-0.39, 0.29) is 22.4 Å². The summed E-state index contributed by atoms with van der Waals surface area (Å²) in [5, 5.41) is 12.8. The van der Waals surface area contributed by atoms with Crippen LogP contribution in [0.15, 0.2) is 47.4 Å². The van der Waals surface area contributed by atoms with Gasteiger partial charge in [0.1, 0.15) is 16.4 Å². The lowest BCUT2D eigenvalue weighted by molar-refractivity contribution is 0.176.